The zero-order chi connectivity index (χ0) is 11.6. The van der Waals surface area contributed by atoms with E-state index in [0.29, 0.717) is 0 Å². The van der Waals surface area contributed by atoms with Crippen LogP contribution in [-0.4, -0.2) is 6.61 Å². The van der Waals surface area contributed by atoms with Crippen LogP contribution in [0.3, 0.4) is 0 Å². The molecule has 0 unspecified atom stereocenters. The SMILES string of the molecule is Cc1cc(OC(F)F)cc(C(C)(C)C)c1. The van der Waals surface area contributed by atoms with E-state index in [0.717, 1.165) is 11.1 Å². The van der Waals surface area contributed by atoms with Crippen LogP contribution in [0.5, 0.6) is 5.75 Å². The number of halogens is 2. The number of aryl methyl sites for hydroxylation is 1. The van der Waals surface area contributed by atoms with Crippen molar-refractivity contribution in [3.8, 4) is 5.75 Å². The van der Waals surface area contributed by atoms with Gasteiger partial charge < -0.3 is 4.74 Å². The van der Waals surface area contributed by atoms with E-state index < -0.39 is 6.61 Å². The minimum atomic E-state index is -2.76. The molecule has 0 spiro atoms. The van der Waals surface area contributed by atoms with E-state index in [1.54, 1.807) is 12.1 Å². The summed E-state index contributed by atoms with van der Waals surface area (Å²) in [5, 5.41) is 0. The molecule has 0 aliphatic carbocycles. The Morgan fingerprint density at radius 2 is 1.73 bits per heavy atom. The van der Waals surface area contributed by atoms with Crippen molar-refractivity contribution >= 4 is 0 Å². The molecule has 0 fully saturated rings. The molecule has 0 atom stereocenters. The first-order valence-corrected chi connectivity index (χ1v) is 4.86. The predicted molar refractivity (Wildman–Crippen MR) is 56.5 cm³/mol. The van der Waals surface area contributed by atoms with Crippen LogP contribution in [0.25, 0.3) is 0 Å². The van der Waals surface area contributed by atoms with Gasteiger partial charge in [-0.1, -0.05) is 26.8 Å². The highest BCUT2D eigenvalue weighted by Gasteiger charge is 2.16. The molecule has 1 nitrogen and oxygen atoms in total. The van der Waals surface area contributed by atoms with Crippen LogP contribution < -0.4 is 4.74 Å². The Morgan fingerprint density at radius 3 is 2.20 bits per heavy atom. The van der Waals surface area contributed by atoms with Crippen LogP contribution in [0.1, 0.15) is 31.9 Å². The molecule has 0 saturated heterocycles. The lowest BCUT2D eigenvalue weighted by Crippen LogP contribution is -2.12. The fourth-order valence-corrected chi connectivity index (χ4v) is 1.35. The fourth-order valence-electron chi connectivity index (χ4n) is 1.35. The van der Waals surface area contributed by atoms with Crippen LogP contribution in [0.2, 0.25) is 0 Å². The minimum Gasteiger partial charge on any atom is -0.435 e. The average Bonchev–Trinajstić information content (AvgIpc) is 1.99. The third kappa shape index (κ3) is 3.50. The lowest BCUT2D eigenvalue weighted by atomic mass is 9.86. The predicted octanol–water partition coefficient (Wildman–Crippen LogP) is 3.89. The van der Waals surface area contributed by atoms with Crippen LogP contribution >= 0.6 is 0 Å². The second-order valence-electron chi connectivity index (χ2n) is 4.66. The van der Waals surface area contributed by atoms with Crippen molar-refractivity contribution in [2.24, 2.45) is 0 Å². The van der Waals surface area contributed by atoms with Crippen molar-refractivity contribution in [1.29, 1.82) is 0 Å². The molecule has 0 radical (unpaired) electrons. The van der Waals surface area contributed by atoms with Gasteiger partial charge in [-0.25, -0.2) is 0 Å². The summed E-state index contributed by atoms with van der Waals surface area (Å²) in [6, 6.07) is 5.26. The van der Waals surface area contributed by atoms with Gasteiger partial charge in [0.2, 0.25) is 0 Å². The van der Waals surface area contributed by atoms with Gasteiger partial charge in [-0.15, -0.1) is 0 Å². The molecule has 1 aromatic carbocycles. The van der Waals surface area contributed by atoms with E-state index in [9.17, 15) is 8.78 Å². The molecular weight excluding hydrogens is 198 g/mol. The maximum absolute atomic E-state index is 12.1. The van der Waals surface area contributed by atoms with Gasteiger partial charge in [-0.05, 0) is 35.6 Å². The molecule has 0 aliphatic heterocycles. The lowest BCUT2D eigenvalue weighted by molar-refractivity contribution is -0.0499. The summed E-state index contributed by atoms with van der Waals surface area (Å²) in [5.41, 5.74) is 1.86. The third-order valence-corrected chi connectivity index (χ3v) is 2.14. The van der Waals surface area contributed by atoms with Crippen molar-refractivity contribution < 1.29 is 13.5 Å². The van der Waals surface area contributed by atoms with Crippen LogP contribution in [0.4, 0.5) is 8.78 Å². The first-order chi connectivity index (χ1) is 6.79. The second-order valence-corrected chi connectivity index (χ2v) is 4.66. The standard InChI is InChI=1S/C12H16F2O/c1-8-5-9(12(2,3)4)7-10(6-8)15-11(13)14/h5-7,11H,1-4H3. The van der Waals surface area contributed by atoms with E-state index in [-0.39, 0.29) is 11.2 Å². The third-order valence-electron chi connectivity index (χ3n) is 2.14. The normalized spacial score (nSPS) is 11.9. The quantitative estimate of drug-likeness (QED) is 0.725. The molecule has 0 bridgehead atoms. The molecule has 84 valence electrons. The topological polar surface area (TPSA) is 9.23 Å². The van der Waals surface area contributed by atoms with E-state index >= 15 is 0 Å². The first kappa shape index (κ1) is 12.0. The first-order valence-electron chi connectivity index (χ1n) is 4.86. The van der Waals surface area contributed by atoms with Crippen LogP contribution in [-0.2, 0) is 5.41 Å². The number of rotatable bonds is 2. The Morgan fingerprint density at radius 1 is 1.13 bits per heavy atom. The summed E-state index contributed by atoms with van der Waals surface area (Å²) < 4.78 is 28.5. The highest BCUT2D eigenvalue weighted by Crippen LogP contribution is 2.28. The molecule has 0 amide bonds. The number of hydrogen-bond donors (Lipinski definition) is 0. The van der Waals surface area contributed by atoms with E-state index in [2.05, 4.69) is 4.74 Å². The Bertz CT molecular complexity index is 340. The molecule has 0 heterocycles. The molecule has 0 aliphatic rings. The number of ether oxygens (including phenoxy) is 1. The monoisotopic (exact) mass is 214 g/mol. The van der Waals surface area contributed by atoms with Crippen molar-refractivity contribution in [2.75, 3.05) is 0 Å². The smallest absolute Gasteiger partial charge is 0.387 e. The second kappa shape index (κ2) is 4.17. The Hall–Kier alpha value is -1.12. The summed E-state index contributed by atoms with van der Waals surface area (Å²) in [6.07, 6.45) is 0. The molecule has 15 heavy (non-hydrogen) atoms. The Kier molecular flexibility index (Phi) is 3.32. The van der Waals surface area contributed by atoms with Gasteiger partial charge in [0.05, 0.1) is 0 Å². The maximum Gasteiger partial charge on any atom is 0.387 e. The van der Waals surface area contributed by atoms with Gasteiger partial charge >= 0.3 is 6.61 Å². The zero-order valence-electron chi connectivity index (χ0n) is 9.47. The van der Waals surface area contributed by atoms with Gasteiger partial charge in [0, 0.05) is 0 Å². The summed E-state index contributed by atoms with van der Waals surface area (Å²) in [4.78, 5) is 0. The van der Waals surface area contributed by atoms with Gasteiger partial charge in [-0.3, -0.25) is 0 Å². The summed E-state index contributed by atoms with van der Waals surface area (Å²) >= 11 is 0. The van der Waals surface area contributed by atoms with Gasteiger partial charge in [0.25, 0.3) is 0 Å². The molecule has 0 saturated carbocycles. The summed E-state index contributed by atoms with van der Waals surface area (Å²) in [7, 11) is 0. The Labute approximate surface area is 89.1 Å². The van der Waals surface area contributed by atoms with Crippen LogP contribution in [0, 0.1) is 6.92 Å². The van der Waals surface area contributed by atoms with Gasteiger partial charge in [0.15, 0.2) is 0 Å². The van der Waals surface area contributed by atoms with E-state index in [4.69, 9.17) is 0 Å². The van der Waals surface area contributed by atoms with Crippen molar-refractivity contribution in [3.05, 3.63) is 29.3 Å². The van der Waals surface area contributed by atoms with Crippen molar-refractivity contribution in [2.45, 2.75) is 39.7 Å². The van der Waals surface area contributed by atoms with Crippen LogP contribution in [0.15, 0.2) is 18.2 Å². The van der Waals surface area contributed by atoms with E-state index in [1.807, 2.05) is 33.8 Å². The molecule has 1 rings (SSSR count). The lowest BCUT2D eigenvalue weighted by Gasteiger charge is -2.20. The molecule has 0 N–H and O–H groups in total. The van der Waals surface area contributed by atoms with Gasteiger partial charge in [-0.2, -0.15) is 8.78 Å². The average molecular weight is 214 g/mol. The van der Waals surface area contributed by atoms with Crippen molar-refractivity contribution in [1.82, 2.24) is 0 Å². The summed E-state index contributed by atoms with van der Waals surface area (Å²) in [5.74, 6) is 0.231. The fraction of sp³-hybridized carbons (Fsp3) is 0.500. The largest absolute Gasteiger partial charge is 0.435 e. The summed E-state index contributed by atoms with van der Waals surface area (Å²) in [6.45, 7) is 5.21. The number of alkyl halides is 2. The zero-order valence-corrected chi connectivity index (χ0v) is 9.47. The van der Waals surface area contributed by atoms with Gasteiger partial charge in [0.1, 0.15) is 5.75 Å². The Balaban J connectivity index is 3.06. The highest BCUT2D eigenvalue weighted by atomic mass is 19.3. The molecule has 3 heteroatoms. The van der Waals surface area contributed by atoms with E-state index in [1.165, 1.54) is 0 Å². The number of benzene rings is 1. The molecule has 1 aromatic rings. The number of hydrogen-bond acceptors (Lipinski definition) is 1. The molecule has 0 aromatic heterocycles. The minimum absolute atomic E-state index is 0.0632. The highest BCUT2D eigenvalue weighted by molar-refractivity contribution is 5.37. The molecular formula is C12H16F2O. The van der Waals surface area contributed by atoms with Crippen molar-refractivity contribution in [3.63, 3.8) is 0 Å². The maximum atomic E-state index is 12.1.